The average Bonchev–Trinajstić information content (AvgIpc) is 3.02. The Morgan fingerprint density at radius 1 is 1.36 bits per heavy atom. The van der Waals surface area contributed by atoms with Crippen LogP contribution in [0.5, 0.6) is 0 Å². The van der Waals surface area contributed by atoms with Crippen molar-refractivity contribution in [2.45, 2.75) is 51.0 Å². The van der Waals surface area contributed by atoms with Crippen LogP contribution in [-0.4, -0.2) is 24.4 Å². The molecule has 1 saturated carbocycles. The summed E-state index contributed by atoms with van der Waals surface area (Å²) in [5, 5.41) is 3.65. The summed E-state index contributed by atoms with van der Waals surface area (Å²) in [6, 6.07) is 5.68. The van der Waals surface area contributed by atoms with Crippen molar-refractivity contribution in [1.29, 1.82) is 0 Å². The van der Waals surface area contributed by atoms with E-state index in [1.807, 2.05) is 26.0 Å². The first-order valence-corrected chi connectivity index (χ1v) is 8.19. The number of nitrogens with one attached hydrogen (secondary N) is 1. The molecule has 118 valence electrons. The molecule has 22 heavy (non-hydrogen) atoms. The van der Waals surface area contributed by atoms with Crippen molar-refractivity contribution >= 4 is 29.1 Å². The van der Waals surface area contributed by atoms with Gasteiger partial charge in [-0.05, 0) is 50.5 Å². The number of carbonyl (C=O) groups excluding carboxylic acids is 2. The number of anilines is 1. The first kappa shape index (κ1) is 15.3. The first-order valence-electron chi connectivity index (χ1n) is 7.81. The van der Waals surface area contributed by atoms with Crippen molar-refractivity contribution in [3.05, 3.63) is 28.8 Å². The second-order valence-electron chi connectivity index (χ2n) is 6.73. The van der Waals surface area contributed by atoms with Crippen LogP contribution in [0.15, 0.2) is 18.2 Å². The number of halogens is 1. The van der Waals surface area contributed by atoms with Crippen LogP contribution in [0.3, 0.4) is 0 Å². The Hall–Kier alpha value is -1.55. The molecule has 1 aromatic carbocycles. The van der Waals surface area contributed by atoms with Gasteiger partial charge in [-0.3, -0.25) is 9.59 Å². The third-order valence-corrected chi connectivity index (χ3v) is 4.96. The minimum Gasteiger partial charge on any atom is -0.352 e. The van der Waals surface area contributed by atoms with Crippen molar-refractivity contribution < 1.29 is 9.59 Å². The average molecular weight is 321 g/mol. The Morgan fingerprint density at radius 2 is 2.05 bits per heavy atom. The van der Waals surface area contributed by atoms with Crippen molar-refractivity contribution in [2.75, 3.05) is 11.4 Å². The third kappa shape index (κ3) is 2.60. The van der Waals surface area contributed by atoms with Gasteiger partial charge in [0, 0.05) is 16.8 Å². The number of hydrogen-bond acceptors (Lipinski definition) is 2. The van der Waals surface area contributed by atoms with Crippen molar-refractivity contribution in [3.63, 3.8) is 0 Å². The molecule has 0 spiro atoms. The molecular weight excluding hydrogens is 300 g/mol. The molecule has 1 heterocycles. The smallest absolute Gasteiger partial charge is 0.240 e. The molecule has 1 fully saturated rings. The van der Waals surface area contributed by atoms with Gasteiger partial charge in [0.15, 0.2) is 0 Å². The van der Waals surface area contributed by atoms with Gasteiger partial charge in [0.05, 0.1) is 5.41 Å². The SMILES string of the molecule is CC1(C)C(=O)N(CC(=O)NC2CCCC2)c2ccc(Cl)cc21. The van der Waals surface area contributed by atoms with Crippen LogP contribution in [0.1, 0.15) is 45.1 Å². The maximum Gasteiger partial charge on any atom is 0.240 e. The molecule has 0 aromatic heterocycles. The topological polar surface area (TPSA) is 49.4 Å². The Balaban J connectivity index is 1.79. The highest BCUT2D eigenvalue weighted by atomic mass is 35.5. The van der Waals surface area contributed by atoms with Crippen LogP contribution in [0.4, 0.5) is 5.69 Å². The van der Waals surface area contributed by atoms with Crippen LogP contribution >= 0.6 is 11.6 Å². The Bertz CT molecular complexity index is 621. The number of hydrogen-bond donors (Lipinski definition) is 1. The van der Waals surface area contributed by atoms with Gasteiger partial charge in [-0.15, -0.1) is 0 Å². The van der Waals surface area contributed by atoms with E-state index < -0.39 is 5.41 Å². The van der Waals surface area contributed by atoms with Gasteiger partial charge in [-0.25, -0.2) is 0 Å². The number of fused-ring (bicyclic) bond motifs is 1. The number of carbonyl (C=O) groups is 2. The minimum atomic E-state index is -0.645. The second-order valence-corrected chi connectivity index (χ2v) is 7.16. The van der Waals surface area contributed by atoms with Crippen LogP contribution in [0, 0.1) is 0 Å². The van der Waals surface area contributed by atoms with E-state index in [1.54, 1.807) is 11.0 Å². The molecule has 4 nitrogen and oxygen atoms in total. The van der Waals surface area contributed by atoms with Gasteiger partial charge in [0.25, 0.3) is 0 Å². The zero-order valence-corrected chi connectivity index (χ0v) is 13.7. The maximum atomic E-state index is 12.7. The molecule has 1 aliphatic heterocycles. The number of rotatable bonds is 3. The van der Waals surface area contributed by atoms with E-state index in [4.69, 9.17) is 11.6 Å². The summed E-state index contributed by atoms with van der Waals surface area (Å²) in [5.74, 6) is -0.134. The molecule has 0 bridgehead atoms. The Labute approximate surface area is 135 Å². The normalized spacial score (nSPS) is 20.3. The van der Waals surface area contributed by atoms with Crippen molar-refractivity contribution in [1.82, 2.24) is 5.32 Å². The van der Waals surface area contributed by atoms with E-state index >= 15 is 0 Å². The monoisotopic (exact) mass is 320 g/mol. The highest BCUT2D eigenvalue weighted by molar-refractivity contribution is 6.31. The molecule has 1 N–H and O–H groups in total. The highest BCUT2D eigenvalue weighted by Crippen LogP contribution is 2.42. The second kappa shape index (κ2) is 5.58. The van der Waals surface area contributed by atoms with E-state index in [2.05, 4.69) is 5.32 Å². The fourth-order valence-corrected chi connectivity index (χ4v) is 3.62. The lowest BCUT2D eigenvalue weighted by molar-refractivity contribution is -0.125. The predicted molar refractivity (Wildman–Crippen MR) is 87.2 cm³/mol. The summed E-state index contributed by atoms with van der Waals surface area (Å²) in [4.78, 5) is 26.5. The Morgan fingerprint density at radius 3 is 2.73 bits per heavy atom. The molecule has 0 radical (unpaired) electrons. The van der Waals surface area contributed by atoms with Crippen LogP contribution in [0.2, 0.25) is 5.02 Å². The van der Waals surface area contributed by atoms with Gasteiger partial charge in [0.2, 0.25) is 11.8 Å². The summed E-state index contributed by atoms with van der Waals surface area (Å²) in [6.45, 7) is 3.83. The van der Waals surface area contributed by atoms with Gasteiger partial charge in [-0.2, -0.15) is 0 Å². The Kier molecular flexibility index (Phi) is 3.89. The highest BCUT2D eigenvalue weighted by Gasteiger charge is 2.44. The number of nitrogens with zero attached hydrogens (tertiary/aromatic N) is 1. The van der Waals surface area contributed by atoms with Gasteiger partial charge in [0.1, 0.15) is 6.54 Å². The maximum absolute atomic E-state index is 12.7. The van der Waals surface area contributed by atoms with Crippen LogP contribution in [-0.2, 0) is 15.0 Å². The zero-order valence-electron chi connectivity index (χ0n) is 13.0. The fraction of sp³-hybridized carbons (Fsp3) is 0.529. The van der Waals surface area contributed by atoms with Crippen molar-refractivity contribution in [2.24, 2.45) is 0 Å². The van der Waals surface area contributed by atoms with Gasteiger partial charge in [-0.1, -0.05) is 24.4 Å². The first-order chi connectivity index (χ1) is 10.4. The molecule has 0 saturated heterocycles. The lowest BCUT2D eigenvalue weighted by Gasteiger charge is -2.21. The summed E-state index contributed by atoms with van der Waals surface area (Å²) < 4.78 is 0. The molecule has 0 unspecified atom stereocenters. The molecule has 1 aliphatic carbocycles. The molecule has 5 heteroatoms. The predicted octanol–water partition coefficient (Wildman–Crippen LogP) is 3.02. The number of amides is 2. The molecule has 2 aliphatic rings. The van der Waals surface area contributed by atoms with E-state index in [0.717, 1.165) is 24.1 Å². The van der Waals surface area contributed by atoms with Crippen LogP contribution < -0.4 is 10.2 Å². The van der Waals surface area contributed by atoms with E-state index in [-0.39, 0.29) is 24.4 Å². The van der Waals surface area contributed by atoms with E-state index in [9.17, 15) is 9.59 Å². The fourth-order valence-electron chi connectivity index (χ4n) is 3.45. The van der Waals surface area contributed by atoms with Gasteiger partial charge >= 0.3 is 0 Å². The quantitative estimate of drug-likeness (QED) is 0.930. The number of benzene rings is 1. The lowest BCUT2D eigenvalue weighted by Crippen LogP contribution is -2.44. The summed E-state index contributed by atoms with van der Waals surface area (Å²) >= 11 is 6.06. The summed E-state index contributed by atoms with van der Waals surface area (Å²) in [5.41, 5.74) is 1.04. The van der Waals surface area contributed by atoms with E-state index in [0.29, 0.717) is 5.02 Å². The summed E-state index contributed by atoms with van der Waals surface area (Å²) in [7, 11) is 0. The summed E-state index contributed by atoms with van der Waals surface area (Å²) in [6.07, 6.45) is 4.42. The van der Waals surface area contributed by atoms with Gasteiger partial charge < -0.3 is 10.2 Å². The standard InChI is InChI=1S/C17H21ClN2O2/c1-17(2)13-9-11(18)7-8-14(13)20(16(17)22)10-15(21)19-12-5-3-4-6-12/h7-9,12H,3-6,10H2,1-2H3,(H,19,21). The minimum absolute atomic E-state index is 0.0497. The largest absolute Gasteiger partial charge is 0.352 e. The van der Waals surface area contributed by atoms with E-state index in [1.165, 1.54) is 12.8 Å². The zero-order chi connectivity index (χ0) is 15.9. The molecule has 3 rings (SSSR count). The molecular formula is C17H21ClN2O2. The molecule has 1 aromatic rings. The van der Waals surface area contributed by atoms with Crippen molar-refractivity contribution in [3.8, 4) is 0 Å². The molecule has 0 atom stereocenters. The third-order valence-electron chi connectivity index (χ3n) is 4.72. The van der Waals surface area contributed by atoms with Crippen LogP contribution in [0.25, 0.3) is 0 Å². The lowest BCUT2D eigenvalue weighted by atomic mass is 9.86. The molecule has 2 amide bonds.